The van der Waals surface area contributed by atoms with Crippen LogP contribution in [0.25, 0.3) is 5.57 Å². The largest absolute Gasteiger partial charge is 0.319 e. The molecule has 3 nitrogen and oxygen atoms in total. The summed E-state index contributed by atoms with van der Waals surface area (Å²) in [6, 6.07) is 0. The fraction of sp³-hybridized carbons (Fsp3) is 0.500. The molecule has 0 aromatic carbocycles. The molecule has 1 aromatic rings. The molecule has 0 saturated heterocycles. The Morgan fingerprint density at radius 2 is 2.27 bits per heavy atom. The average Bonchev–Trinajstić information content (AvgIpc) is 2.19. The van der Waals surface area contributed by atoms with Gasteiger partial charge >= 0.3 is 0 Å². The van der Waals surface area contributed by atoms with E-state index in [1.807, 2.05) is 19.9 Å². The summed E-state index contributed by atoms with van der Waals surface area (Å²) in [5.41, 5.74) is 2.39. The van der Waals surface area contributed by atoms with Gasteiger partial charge in [0.1, 0.15) is 5.69 Å². The lowest BCUT2D eigenvalue weighted by atomic mass is 10.1. The van der Waals surface area contributed by atoms with E-state index in [-0.39, 0.29) is 5.56 Å². The maximum atomic E-state index is 11.7. The van der Waals surface area contributed by atoms with Gasteiger partial charge in [-0.1, -0.05) is 19.9 Å². The summed E-state index contributed by atoms with van der Waals surface area (Å²) in [6.07, 6.45) is 4.41. The van der Waals surface area contributed by atoms with Crippen LogP contribution < -0.4 is 5.56 Å². The third-order valence-electron chi connectivity index (χ3n) is 2.32. The number of aromatic amines is 1. The molecule has 0 atom stereocenters. The second-order valence-electron chi connectivity index (χ2n) is 4.14. The molecule has 0 bridgehead atoms. The summed E-state index contributed by atoms with van der Waals surface area (Å²) < 4.78 is 0. The van der Waals surface area contributed by atoms with Crippen molar-refractivity contribution in [1.82, 2.24) is 9.97 Å². The standard InChI is InChI=1S/C12H18N2O/c1-5-9(4)11-7-13-10(6-8(2)3)12(15)14-11/h5,7-8H,6H2,1-4H3,(H,14,15)/b9-5+. The monoisotopic (exact) mass is 206 g/mol. The van der Waals surface area contributed by atoms with Crippen molar-refractivity contribution in [3.8, 4) is 0 Å². The van der Waals surface area contributed by atoms with Gasteiger partial charge in [-0.3, -0.25) is 9.78 Å². The molecule has 82 valence electrons. The molecule has 0 unspecified atom stereocenters. The molecule has 1 heterocycles. The summed E-state index contributed by atoms with van der Waals surface area (Å²) in [4.78, 5) is 18.7. The maximum absolute atomic E-state index is 11.7. The first-order valence-corrected chi connectivity index (χ1v) is 5.26. The first-order chi connectivity index (χ1) is 7.04. The fourth-order valence-electron chi connectivity index (χ4n) is 1.32. The van der Waals surface area contributed by atoms with Gasteiger partial charge in [0.05, 0.1) is 11.9 Å². The fourth-order valence-corrected chi connectivity index (χ4v) is 1.32. The minimum absolute atomic E-state index is 0.0672. The molecule has 1 N–H and O–H groups in total. The molecule has 0 spiro atoms. The molecule has 0 radical (unpaired) electrons. The van der Waals surface area contributed by atoms with Crippen LogP contribution in [0, 0.1) is 5.92 Å². The van der Waals surface area contributed by atoms with Crippen LogP contribution in [0.2, 0.25) is 0 Å². The predicted molar refractivity (Wildman–Crippen MR) is 62.7 cm³/mol. The molecule has 0 aliphatic carbocycles. The number of hydrogen-bond acceptors (Lipinski definition) is 2. The zero-order valence-electron chi connectivity index (χ0n) is 9.79. The maximum Gasteiger partial charge on any atom is 0.270 e. The van der Waals surface area contributed by atoms with E-state index < -0.39 is 0 Å². The van der Waals surface area contributed by atoms with Gasteiger partial charge in [-0.2, -0.15) is 0 Å². The molecule has 1 rings (SSSR count). The number of rotatable bonds is 3. The van der Waals surface area contributed by atoms with Crippen LogP contribution in [0.4, 0.5) is 0 Å². The van der Waals surface area contributed by atoms with Crippen molar-refractivity contribution in [3.63, 3.8) is 0 Å². The van der Waals surface area contributed by atoms with Gasteiger partial charge in [0.25, 0.3) is 5.56 Å². The Labute approximate surface area is 90.3 Å². The SMILES string of the molecule is C/C=C(\C)c1cnc(CC(C)C)c(=O)[nH]1. The van der Waals surface area contributed by atoms with E-state index in [1.54, 1.807) is 6.20 Å². The molecule has 3 heteroatoms. The first kappa shape index (κ1) is 11.7. The third-order valence-corrected chi connectivity index (χ3v) is 2.32. The second kappa shape index (κ2) is 4.91. The van der Waals surface area contributed by atoms with E-state index in [1.165, 1.54) is 0 Å². The Morgan fingerprint density at radius 1 is 1.60 bits per heavy atom. The molecule has 0 fully saturated rings. The molecule has 0 aliphatic heterocycles. The highest BCUT2D eigenvalue weighted by Gasteiger charge is 2.05. The zero-order valence-corrected chi connectivity index (χ0v) is 9.79. The van der Waals surface area contributed by atoms with E-state index in [0.29, 0.717) is 11.6 Å². The normalized spacial score (nSPS) is 12.2. The van der Waals surface area contributed by atoms with Gasteiger partial charge in [-0.05, 0) is 31.8 Å². The number of nitrogens with one attached hydrogen (secondary N) is 1. The Hall–Kier alpha value is -1.38. The van der Waals surface area contributed by atoms with E-state index in [0.717, 1.165) is 17.7 Å². The van der Waals surface area contributed by atoms with E-state index in [2.05, 4.69) is 23.8 Å². The van der Waals surface area contributed by atoms with Crippen molar-refractivity contribution in [1.29, 1.82) is 0 Å². The van der Waals surface area contributed by atoms with Crippen molar-refractivity contribution < 1.29 is 0 Å². The first-order valence-electron chi connectivity index (χ1n) is 5.26. The van der Waals surface area contributed by atoms with Crippen molar-refractivity contribution in [2.45, 2.75) is 34.1 Å². The summed E-state index contributed by atoms with van der Waals surface area (Å²) in [5.74, 6) is 0.451. The zero-order chi connectivity index (χ0) is 11.4. The van der Waals surface area contributed by atoms with Crippen LogP contribution in [-0.2, 0) is 6.42 Å². The highest BCUT2D eigenvalue weighted by Crippen LogP contribution is 2.08. The van der Waals surface area contributed by atoms with Crippen molar-refractivity contribution >= 4 is 5.57 Å². The Bertz CT molecular complexity index is 416. The number of aromatic nitrogens is 2. The molecular weight excluding hydrogens is 188 g/mol. The number of hydrogen-bond donors (Lipinski definition) is 1. The minimum Gasteiger partial charge on any atom is -0.319 e. The van der Waals surface area contributed by atoms with Crippen LogP contribution in [0.3, 0.4) is 0 Å². The van der Waals surface area contributed by atoms with Crippen LogP contribution in [0.5, 0.6) is 0 Å². The number of H-pyrrole nitrogens is 1. The van der Waals surface area contributed by atoms with Gasteiger partial charge in [-0.15, -0.1) is 0 Å². The summed E-state index contributed by atoms with van der Waals surface area (Å²) in [7, 11) is 0. The highest BCUT2D eigenvalue weighted by atomic mass is 16.1. The molecular formula is C12H18N2O. The molecule has 0 amide bonds. The Morgan fingerprint density at radius 3 is 2.73 bits per heavy atom. The van der Waals surface area contributed by atoms with Crippen molar-refractivity contribution in [2.24, 2.45) is 5.92 Å². The predicted octanol–water partition coefficient (Wildman–Crippen LogP) is 2.39. The number of nitrogens with zero attached hydrogens (tertiary/aromatic N) is 1. The van der Waals surface area contributed by atoms with E-state index in [4.69, 9.17) is 0 Å². The van der Waals surface area contributed by atoms with E-state index >= 15 is 0 Å². The van der Waals surface area contributed by atoms with Gasteiger partial charge in [0.15, 0.2) is 0 Å². The summed E-state index contributed by atoms with van der Waals surface area (Å²) in [6.45, 7) is 8.04. The van der Waals surface area contributed by atoms with Crippen molar-refractivity contribution in [3.05, 3.63) is 34.0 Å². The quantitative estimate of drug-likeness (QED) is 0.825. The van der Waals surface area contributed by atoms with Gasteiger partial charge in [0, 0.05) is 0 Å². The highest BCUT2D eigenvalue weighted by molar-refractivity contribution is 5.58. The smallest absolute Gasteiger partial charge is 0.270 e. The molecule has 15 heavy (non-hydrogen) atoms. The Balaban J connectivity index is 3.04. The van der Waals surface area contributed by atoms with E-state index in [9.17, 15) is 4.79 Å². The van der Waals surface area contributed by atoms with Gasteiger partial charge < -0.3 is 4.98 Å². The topological polar surface area (TPSA) is 45.8 Å². The lowest BCUT2D eigenvalue weighted by molar-refractivity contribution is 0.628. The minimum atomic E-state index is -0.0672. The number of allylic oxidation sites excluding steroid dienone is 2. The van der Waals surface area contributed by atoms with Crippen LogP contribution >= 0.6 is 0 Å². The van der Waals surface area contributed by atoms with Crippen LogP contribution in [-0.4, -0.2) is 9.97 Å². The lowest BCUT2D eigenvalue weighted by Gasteiger charge is -2.05. The molecule has 0 saturated carbocycles. The lowest BCUT2D eigenvalue weighted by Crippen LogP contribution is -2.18. The van der Waals surface area contributed by atoms with Crippen LogP contribution in [0.15, 0.2) is 17.1 Å². The average molecular weight is 206 g/mol. The summed E-state index contributed by atoms with van der Waals surface area (Å²) in [5, 5.41) is 0. The summed E-state index contributed by atoms with van der Waals surface area (Å²) >= 11 is 0. The van der Waals surface area contributed by atoms with Gasteiger partial charge in [0.2, 0.25) is 0 Å². The second-order valence-corrected chi connectivity index (χ2v) is 4.14. The van der Waals surface area contributed by atoms with Gasteiger partial charge in [-0.25, -0.2) is 0 Å². The third kappa shape index (κ3) is 3.05. The molecule has 0 aliphatic rings. The Kier molecular flexibility index (Phi) is 3.83. The molecule has 1 aromatic heterocycles. The van der Waals surface area contributed by atoms with Crippen molar-refractivity contribution in [2.75, 3.05) is 0 Å². The van der Waals surface area contributed by atoms with Crippen LogP contribution in [0.1, 0.15) is 39.1 Å².